The number of amides is 2. The number of para-hydroxylation sites is 1. The fourth-order valence-corrected chi connectivity index (χ4v) is 4.17. The van der Waals surface area contributed by atoms with Gasteiger partial charge in [-0.15, -0.1) is 0 Å². The lowest BCUT2D eigenvalue weighted by Crippen LogP contribution is -2.38. The summed E-state index contributed by atoms with van der Waals surface area (Å²) in [6.45, 7) is 0.0743. The van der Waals surface area contributed by atoms with E-state index in [1.807, 2.05) is 66.7 Å². The Morgan fingerprint density at radius 2 is 1.50 bits per heavy atom. The summed E-state index contributed by atoms with van der Waals surface area (Å²) in [5.41, 5.74) is 4.21. The van der Waals surface area contributed by atoms with Gasteiger partial charge in [0.15, 0.2) is 5.58 Å². The van der Waals surface area contributed by atoms with Gasteiger partial charge in [0, 0.05) is 17.9 Å². The van der Waals surface area contributed by atoms with Crippen LogP contribution in [0.5, 0.6) is 0 Å². The fourth-order valence-electron chi connectivity index (χ4n) is 4.17. The second-order valence-corrected chi connectivity index (χ2v) is 9.15. The maximum Gasteiger partial charge on any atom is 0.335 e. The molecule has 5 aromatic rings. The molecule has 0 fully saturated rings. The number of anilines is 3. The van der Waals surface area contributed by atoms with Crippen molar-refractivity contribution in [3.8, 4) is 0 Å². The van der Waals surface area contributed by atoms with E-state index in [4.69, 9.17) is 9.52 Å². The van der Waals surface area contributed by atoms with Gasteiger partial charge in [0.2, 0.25) is 11.8 Å². The predicted octanol–water partition coefficient (Wildman–Crippen LogP) is 5.48. The second kappa shape index (κ2) is 12.0. The summed E-state index contributed by atoms with van der Waals surface area (Å²) in [5, 5.41) is 14.9. The summed E-state index contributed by atoms with van der Waals surface area (Å²) in [5.74, 6) is -1.68. The molecule has 0 aliphatic heterocycles. The minimum absolute atomic E-state index is 0.0610. The van der Waals surface area contributed by atoms with Crippen molar-refractivity contribution in [2.24, 2.45) is 0 Å². The molecule has 0 saturated carbocycles. The molecule has 2 amide bonds. The quantitative estimate of drug-likeness (QED) is 0.217. The van der Waals surface area contributed by atoms with Crippen molar-refractivity contribution in [2.45, 2.75) is 13.0 Å². The highest BCUT2D eigenvalue weighted by molar-refractivity contribution is 5.95. The topological polar surface area (TPSA) is 125 Å². The molecule has 9 nitrogen and oxygen atoms in total. The first kappa shape index (κ1) is 26.2. The number of carbonyl (C=O) groups is 3. The molecule has 0 saturated heterocycles. The van der Waals surface area contributed by atoms with Gasteiger partial charge in [0.1, 0.15) is 12.1 Å². The number of rotatable bonds is 10. The highest BCUT2D eigenvalue weighted by atomic mass is 16.4. The number of carboxylic acids is 1. The number of carboxylic acid groups (broad SMARTS) is 1. The molecular weight excluding hydrogens is 508 g/mol. The van der Waals surface area contributed by atoms with Crippen LogP contribution in [-0.4, -0.2) is 39.3 Å². The van der Waals surface area contributed by atoms with Crippen LogP contribution in [0.1, 0.15) is 21.5 Å². The Balaban J connectivity index is 1.29. The minimum Gasteiger partial charge on any atom is -0.478 e. The number of oxazole rings is 1. The molecule has 5 rings (SSSR count). The maximum absolute atomic E-state index is 13.4. The zero-order valence-electron chi connectivity index (χ0n) is 21.4. The Kier molecular flexibility index (Phi) is 7.82. The monoisotopic (exact) mass is 534 g/mol. The molecule has 0 atom stereocenters. The lowest BCUT2D eigenvalue weighted by atomic mass is 10.1. The number of aromatic nitrogens is 1. The fraction of sp³-hybridized carbons (Fsp3) is 0.0968. The van der Waals surface area contributed by atoms with Gasteiger partial charge >= 0.3 is 5.97 Å². The third-order valence-electron chi connectivity index (χ3n) is 6.15. The highest BCUT2D eigenvalue weighted by Gasteiger charge is 2.19. The number of carbonyl (C=O) groups excluding carboxylic acids is 2. The van der Waals surface area contributed by atoms with Crippen molar-refractivity contribution in [3.63, 3.8) is 0 Å². The van der Waals surface area contributed by atoms with Gasteiger partial charge < -0.3 is 25.1 Å². The van der Waals surface area contributed by atoms with Crippen LogP contribution in [0.25, 0.3) is 11.1 Å². The first-order chi connectivity index (χ1) is 19.4. The summed E-state index contributed by atoms with van der Waals surface area (Å²) in [7, 11) is 0. The Labute approximate surface area is 230 Å². The maximum atomic E-state index is 13.4. The minimum atomic E-state index is -1.05. The molecule has 1 aromatic heterocycles. The van der Waals surface area contributed by atoms with Gasteiger partial charge in [-0.25, -0.2) is 4.79 Å². The third kappa shape index (κ3) is 6.70. The molecule has 1 heterocycles. The van der Waals surface area contributed by atoms with Crippen LogP contribution in [-0.2, 0) is 22.6 Å². The number of benzene rings is 4. The van der Waals surface area contributed by atoms with E-state index in [-0.39, 0.29) is 31.0 Å². The zero-order valence-corrected chi connectivity index (χ0v) is 21.4. The van der Waals surface area contributed by atoms with E-state index >= 15 is 0 Å². The van der Waals surface area contributed by atoms with E-state index in [1.165, 1.54) is 29.2 Å². The molecule has 0 unspecified atom stereocenters. The average Bonchev–Trinajstić information content (AvgIpc) is 3.35. The number of hydrogen-bond acceptors (Lipinski definition) is 6. The SMILES string of the molecule is O=C(CN(Cc1ccccc1)C(=O)Cc1ccc2nc(Nc3ccccc3)oc2c1)Nc1ccc(C(=O)O)cc1. The summed E-state index contributed by atoms with van der Waals surface area (Å²) in [6.07, 6.45) is 0.0610. The Morgan fingerprint density at radius 3 is 2.20 bits per heavy atom. The van der Waals surface area contributed by atoms with Crippen molar-refractivity contribution in [1.29, 1.82) is 0 Å². The van der Waals surface area contributed by atoms with Crippen LogP contribution >= 0.6 is 0 Å². The van der Waals surface area contributed by atoms with Crippen LogP contribution in [0, 0.1) is 0 Å². The van der Waals surface area contributed by atoms with Crippen LogP contribution < -0.4 is 10.6 Å². The van der Waals surface area contributed by atoms with Gasteiger partial charge in [-0.05, 0) is 59.7 Å². The number of aromatic carboxylic acids is 1. The molecule has 4 aromatic carbocycles. The lowest BCUT2D eigenvalue weighted by Gasteiger charge is -2.22. The van der Waals surface area contributed by atoms with Crippen molar-refractivity contribution in [1.82, 2.24) is 9.88 Å². The van der Waals surface area contributed by atoms with Gasteiger partial charge in [-0.2, -0.15) is 4.98 Å². The van der Waals surface area contributed by atoms with E-state index in [0.717, 1.165) is 16.8 Å². The third-order valence-corrected chi connectivity index (χ3v) is 6.15. The first-order valence-electron chi connectivity index (χ1n) is 12.6. The number of nitrogens with one attached hydrogen (secondary N) is 2. The van der Waals surface area contributed by atoms with Crippen molar-refractivity contribution in [2.75, 3.05) is 17.2 Å². The molecular formula is C31H26N4O5. The van der Waals surface area contributed by atoms with Gasteiger partial charge in [-0.3, -0.25) is 9.59 Å². The van der Waals surface area contributed by atoms with E-state index in [1.54, 1.807) is 12.1 Å². The summed E-state index contributed by atoms with van der Waals surface area (Å²) in [4.78, 5) is 43.3. The van der Waals surface area contributed by atoms with E-state index < -0.39 is 11.9 Å². The Morgan fingerprint density at radius 1 is 0.800 bits per heavy atom. The molecule has 40 heavy (non-hydrogen) atoms. The van der Waals surface area contributed by atoms with E-state index in [2.05, 4.69) is 15.6 Å². The summed E-state index contributed by atoms with van der Waals surface area (Å²) in [6, 6.07) is 30.6. The number of nitrogens with zero attached hydrogens (tertiary/aromatic N) is 2. The molecule has 0 bridgehead atoms. The molecule has 0 radical (unpaired) electrons. The van der Waals surface area contributed by atoms with Crippen LogP contribution in [0.3, 0.4) is 0 Å². The molecule has 3 N–H and O–H groups in total. The van der Waals surface area contributed by atoms with Gasteiger partial charge in [0.25, 0.3) is 6.01 Å². The smallest absolute Gasteiger partial charge is 0.335 e. The Hall–Kier alpha value is -5.44. The largest absolute Gasteiger partial charge is 0.478 e. The first-order valence-corrected chi connectivity index (χ1v) is 12.6. The average molecular weight is 535 g/mol. The standard InChI is InChI=1S/C31H26N4O5/c36-28(32-25-14-12-23(13-15-25)30(38)39)20-35(19-21-7-3-1-4-8-21)29(37)18-22-11-16-26-27(17-22)40-31(34-26)33-24-9-5-2-6-10-24/h1-17H,18-20H2,(H,32,36)(H,33,34)(H,38,39). The zero-order chi connectivity index (χ0) is 27.9. The van der Waals surface area contributed by atoms with Crippen molar-refractivity contribution in [3.05, 3.63) is 120 Å². The number of hydrogen-bond donors (Lipinski definition) is 3. The molecule has 9 heteroatoms. The van der Waals surface area contributed by atoms with E-state index in [0.29, 0.717) is 22.8 Å². The normalized spacial score (nSPS) is 10.7. The van der Waals surface area contributed by atoms with Gasteiger partial charge in [0.05, 0.1) is 12.0 Å². The molecule has 200 valence electrons. The Bertz CT molecular complexity index is 1630. The van der Waals surface area contributed by atoms with Crippen molar-refractivity contribution < 1.29 is 23.9 Å². The summed E-state index contributed by atoms with van der Waals surface area (Å²) >= 11 is 0. The van der Waals surface area contributed by atoms with Crippen molar-refractivity contribution >= 4 is 46.3 Å². The lowest BCUT2D eigenvalue weighted by molar-refractivity contribution is -0.134. The van der Waals surface area contributed by atoms with Gasteiger partial charge in [-0.1, -0.05) is 54.6 Å². The van der Waals surface area contributed by atoms with Crippen LogP contribution in [0.4, 0.5) is 17.4 Å². The van der Waals surface area contributed by atoms with Crippen LogP contribution in [0.2, 0.25) is 0 Å². The van der Waals surface area contributed by atoms with E-state index in [9.17, 15) is 14.4 Å². The second-order valence-electron chi connectivity index (χ2n) is 9.15. The molecule has 0 aliphatic rings. The predicted molar refractivity (Wildman–Crippen MR) is 151 cm³/mol. The number of fused-ring (bicyclic) bond motifs is 1. The summed E-state index contributed by atoms with van der Waals surface area (Å²) < 4.78 is 5.86. The molecule has 0 spiro atoms. The molecule has 0 aliphatic carbocycles. The highest BCUT2D eigenvalue weighted by Crippen LogP contribution is 2.23. The van der Waals surface area contributed by atoms with Crippen LogP contribution in [0.15, 0.2) is 108 Å².